The summed E-state index contributed by atoms with van der Waals surface area (Å²) in [6.45, 7) is 6.26. The molecule has 2 aromatic rings. The Hall–Kier alpha value is -2.62. The fourth-order valence-corrected chi connectivity index (χ4v) is 5.46. The Morgan fingerprint density at radius 2 is 1.70 bits per heavy atom. The van der Waals surface area contributed by atoms with Crippen LogP contribution in [0.15, 0.2) is 48.5 Å². The summed E-state index contributed by atoms with van der Waals surface area (Å²) in [6.07, 6.45) is 2.17. The number of anilines is 2. The van der Waals surface area contributed by atoms with Crippen molar-refractivity contribution in [3.63, 3.8) is 0 Å². The fraction of sp³-hybridized carbons (Fsp3) is 0.458. The number of hydrogen-bond donors (Lipinski definition) is 2. The molecule has 0 atom stereocenters. The normalized spacial score (nSPS) is 17.2. The van der Waals surface area contributed by atoms with Crippen LogP contribution in [0.2, 0.25) is 0 Å². The van der Waals surface area contributed by atoms with Crippen LogP contribution in [0.4, 0.5) is 11.4 Å². The summed E-state index contributed by atoms with van der Waals surface area (Å²) in [6, 6.07) is 14.3. The Bertz CT molecular complexity index is 1030. The number of morpholine rings is 1. The monoisotopic (exact) mass is 472 g/mol. The number of carbonyl (C=O) groups is 1. The van der Waals surface area contributed by atoms with Crippen molar-refractivity contribution in [1.29, 1.82) is 0 Å². The van der Waals surface area contributed by atoms with Crippen LogP contribution >= 0.6 is 0 Å². The molecular formula is C24H32N4O4S. The molecule has 2 fully saturated rings. The van der Waals surface area contributed by atoms with Gasteiger partial charge in [-0.1, -0.05) is 30.3 Å². The smallest absolute Gasteiger partial charge is 0.253 e. The third-order valence-corrected chi connectivity index (χ3v) is 7.24. The SMILES string of the molecule is O=C(NCCN1CCOCC1)c1cc(NS(=O)(=O)Cc2ccccc2)ccc1N1CCCC1. The van der Waals surface area contributed by atoms with E-state index in [0.717, 1.165) is 64.5 Å². The lowest BCUT2D eigenvalue weighted by Crippen LogP contribution is -2.41. The minimum atomic E-state index is -3.61. The van der Waals surface area contributed by atoms with Crippen molar-refractivity contribution in [2.45, 2.75) is 18.6 Å². The number of sulfonamides is 1. The number of ether oxygens (including phenoxy) is 1. The van der Waals surface area contributed by atoms with Crippen molar-refractivity contribution in [3.05, 3.63) is 59.7 Å². The first-order valence-electron chi connectivity index (χ1n) is 11.5. The van der Waals surface area contributed by atoms with Crippen molar-refractivity contribution < 1.29 is 17.9 Å². The Kier molecular flexibility index (Phi) is 7.85. The van der Waals surface area contributed by atoms with Gasteiger partial charge in [-0.2, -0.15) is 0 Å². The largest absolute Gasteiger partial charge is 0.379 e. The van der Waals surface area contributed by atoms with Gasteiger partial charge in [0.2, 0.25) is 10.0 Å². The maximum atomic E-state index is 13.1. The van der Waals surface area contributed by atoms with Crippen LogP contribution in [-0.2, 0) is 20.5 Å². The highest BCUT2D eigenvalue weighted by molar-refractivity contribution is 7.91. The molecule has 0 spiro atoms. The summed E-state index contributed by atoms with van der Waals surface area (Å²) in [5, 5.41) is 3.01. The number of amides is 1. The topological polar surface area (TPSA) is 91.0 Å². The molecule has 2 heterocycles. The summed E-state index contributed by atoms with van der Waals surface area (Å²) in [5.74, 6) is -0.308. The maximum Gasteiger partial charge on any atom is 0.253 e. The van der Waals surface area contributed by atoms with Crippen molar-refractivity contribution >= 4 is 27.3 Å². The van der Waals surface area contributed by atoms with Crippen molar-refractivity contribution in [1.82, 2.24) is 10.2 Å². The quantitative estimate of drug-likeness (QED) is 0.582. The highest BCUT2D eigenvalue weighted by Gasteiger charge is 2.21. The van der Waals surface area contributed by atoms with Crippen LogP contribution < -0.4 is 14.9 Å². The van der Waals surface area contributed by atoms with E-state index in [9.17, 15) is 13.2 Å². The zero-order valence-corrected chi connectivity index (χ0v) is 19.6. The van der Waals surface area contributed by atoms with E-state index >= 15 is 0 Å². The van der Waals surface area contributed by atoms with E-state index in [1.54, 1.807) is 24.3 Å². The van der Waals surface area contributed by atoms with Crippen molar-refractivity contribution in [2.75, 3.05) is 62.1 Å². The Labute approximate surface area is 196 Å². The summed E-state index contributed by atoms with van der Waals surface area (Å²) in [5.41, 5.74) is 2.45. The molecule has 2 saturated heterocycles. The predicted octanol–water partition coefficient (Wildman–Crippen LogP) is 2.29. The van der Waals surface area contributed by atoms with E-state index in [0.29, 0.717) is 23.4 Å². The highest BCUT2D eigenvalue weighted by Crippen LogP contribution is 2.28. The highest BCUT2D eigenvalue weighted by atomic mass is 32.2. The maximum absolute atomic E-state index is 13.1. The molecule has 2 N–H and O–H groups in total. The van der Waals surface area contributed by atoms with E-state index in [2.05, 4.69) is 19.8 Å². The van der Waals surface area contributed by atoms with Crippen LogP contribution in [0.25, 0.3) is 0 Å². The van der Waals surface area contributed by atoms with E-state index in [1.807, 2.05) is 24.3 Å². The number of carbonyl (C=O) groups excluding carboxylic acids is 1. The average molecular weight is 473 g/mol. The second kappa shape index (κ2) is 11.0. The lowest BCUT2D eigenvalue weighted by atomic mass is 10.1. The molecule has 0 radical (unpaired) electrons. The van der Waals surface area contributed by atoms with Gasteiger partial charge >= 0.3 is 0 Å². The summed E-state index contributed by atoms with van der Waals surface area (Å²) in [4.78, 5) is 17.6. The minimum Gasteiger partial charge on any atom is -0.379 e. The molecule has 2 aromatic carbocycles. The summed E-state index contributed by atoms with van der Waals surface area (Å²) in [7, 11) is -3.61. The number of benzene rings is 2. The van der Waals surface area contributed by atoms with Crippen molar-refractivity contribution in [3.8, 4) is 0 Å². The Balaban J connectivity index is 1.47. The van der Waals surface area contributed by atoms with Crippen LogP contribution in [-0.4, -0.2) is 71.7 Å². The van der Waals surface area contributed by atoms with Gasteiger partial charge in [-0.05, 0) is 36.6 Å². The third-order valence-electron chi connectivity index (χ3n) is 5.98. The molecule has 9 heteroatoms. The Morgan fingerprint density at radius 1 is 0.970 bits per heavy atom. The lowest BCUT2D eigenvalue weighted by molar-refractivity contribution is 0.0383. The van der Waals surface area contributed by atoms with Gasteiger partial charge in [0.25, 0.3) is 5.91 Å². The van der Waals surface area contributed by atoms with E-state index in [1.165, 1.54) is 0 Å². The first kappa shape index (κ1) is 23.5. The van der Waals surface area contributed by atoms with E-state index in [4.69, 9.17) is 4.74 Å². The zero-order valence-electron chi connectivity index (χ0n) is 18.8. The second-order valence-corrected chi connectivity index (χ2v) is 10.2. The summed E-state index contributed by atoms with van der Waals surface area (Å²) >= 11 is 0. The number of rotatable bonds is 9. The number of nitrogens with zero attached hydrogens (tertiary/aromatic N) is 2. The molecule has 0 bridgehead atoms. The molecular weight excluding hydrogens is 440 g/mol. The predicted molar refractivity (Wildman–Crippen MR) is 130 cm³/mol. The van der Waals surface area contributed by atoms with Gasteiger partial charge < -0.3 is 15.0 Å². The molecule has 1 amide bonds. The van der Waals surface area contributed by atoms with Gasteiger partial charge in [-0.25, -0.2) is 8.42 Å². The van der Waals surface area contributed by atoms with Gasteiger partial charge in [0.05, 0.1) is 24.5 Å². The fourth-order valence-electron chi connectivity index (χ4n) is 4.27. The molecule has 2 aliphatic rings. The third kappa shape index (κ3) is 6.69. The first-order chi connectivity index (χ1) is 16.0. The molecule has 0 unspecified atom stereocenters. The van der Waals surface area contributed by atoms with Crippen LogP contribution in [0.3, 0.4) is 0 Å². The zero-order chi connectivity index (χ0) is 23.1. The average Bonchev–Trinajstić information content (AvgIpc) is 3.34. The molecule has 0 saturated carbocycles. The Morgan fingerprint density at radius 3 is 2.42 bits per heavy atom. The molecule has 33 heavy (non-hydrogen) atoms. The number of hydrogen-bond acceptors (Lipinski definition) is 6. The molecule has 0 aromatic heterocycles. The molecule has 178 valence electrons. The second-order valence-electron chi connectivity index (χ2n) is 8.48. The molecule has 8 nitrogen and oxygen atoms in total. The first-order valence-corrected chi connectivity index (χ1v) is 13.2. The van der Waals surface area contributed by atoms with Gasteiger partial charge in [-0.15, -0.1) is 0 Å². The lowest BCUT2D eigenvalue weighted by Gasteiger charge is -2.26. The van der Waals surface area contributed by atoms with E-state index in [-0.39, 0.29) is 11.7 Å². The number of nitrogens with one attached hydrogen (secondary N) is 2. The van der Waals surface area contributed by atoms with E-state index < -0.39 is 10.0 Å². The minimum absolute atomic E-state index is 0.122. The van der Waals surface area contributed by atoms with Gasteiger partial charge in [0.15, 0.2) is 0 Å². The molecule has 2 aliphatic heterocycles. The summed E-state index contributed by atoms with van der Waals surface area (Å²) < 4.78 is 33.4. The standard InChI is InChI=1S/C24H32N4O4S/c29-24(25-10-13-27-14-16-32-17-15-27)22-18-21(8-9-23(22)28-11-4-5-12-28)26-33(30,31)19-20-6-2-1-3-7-20/h1-3,6-9,18,26H,4-5,10-17,19H2,(H,25,29). The molecule has 4 rings (SSSR count). The van der Waals surface area contributed by atoms with Crippen LogP contribution in [0.5, 0.6) is 0 Å². The van der Waals surface area contributed by atoms with Crippen LogP contribution in [0.1, 0.15) is 28.8 Å². The van der Waals surface area contributed by atoms with Crippen molar-refractivity contribution in [2.24, 2.45) is 0 Å². The van der Waals surface area contributed by atoms with Gasteiger partial charge in [0.1, 0.15) is 0 Å². The van der Waals surface area contributed by atoms with Gasteiger partial charge in [0, 0.05) is 50.6 Å². The van der Waals surface area contributed by atoms with Crippen LogP contribution in [0, 0.1) is 0 Å². The van der Waals surface area contributed by atoms with Gasteiger partial charge in [-0.3, -0.25) is 14.4 Å². The molecule has 0 aliphatic carbocycles.